The van der Waals surface area contributed by atoms with Gasteiger partial charge in [0, 0.05) is 12.3 Å². The highest BCUT2D eigenvalue weighted by Crippen LogP contribution is 2.45. The summed E-state index contributed by atoms with van der Waals surface area (Å²) in [5.41, 5.74) is 4.26. The van der Waals surface area contributed by atoms with Crippen molar-refractivity contribution in [1.29, 1.82) is 0 Å². The van der Waals surface area contributed by atoms with E-state index in [1.165, 1.54) is 30.4 Å². The molecule has 4 nitrogen and oxygen atoms in total. The van der Waals surface area contributed by atoms with E-state index < -0.39 is 8.32 Å². The lowest BCUT2D eigenvalue weighted by Gasteiger charge is -2.39. The fourth-order valence-electron chi connectivity index (χ4n) is 6.03. The monoisotopic (exact) mass is 578 g/mol. The fraction of sp³-hybridized carbons (Fsp3) is 0.611. The minimum absolute atomic E-state index is 0.0490. The number of benzene rings is 2. The second-order valence-corrected chi connectivity index (χ2v) is 18.4. The Morgan fingerprint density at radius 3 is 2.37 bits per heavy atom. The minimum Gasteiger partial charge on any atom is -0.462 e. The van der Waals surface area contributed by atoms with Crippen molar-refractivity contribution in [2.75, 3.05) is 6.61 Å². The second-order valence-electron chi connectivity index (χ2n) is 13.6. The average Bonchev–Trinajstić information content (AvgIpc) is 3.20. The number of esters is 1. The summed E-state index contributed by atoms with van der Waals surface area (Å²) in [5, 5.41) is 0.170. The van der Waals surface area contributed by atoms with Gasteiger partial charge in [-0.3, -0.25) is 4.79 Å². The summed E-state index contributed by atoms with van der Waals surface area (Å²) in [6.45, 7) is 18.3. The molecule has 0 aliphatic heterocycles. The summed E-state index contributed by atoms with van der Waals surface area (Å²) in [6.07, 6.45) is 8.08. The summed E-state index contributed by atoms with van der Waals surface area (Å²) >= 11 is 0. The number of aryl methyl sites for hydroxylation is 1. The third-order valence-electron chi connectivity index (χ3n) is 9.41. The predicted molar refractivity (Wildman–Crippen MR) is 172 cm³/mol. The third kappa shape index (κ3) is 8.87. The Labute approximate surface area is 250 Å². The number of hydrogen-bond acceptors (Lipinski definition) is 4. The van der Waals surface area contributed by atoms with E-state index >= 15 is 0 Å². The third-order valence-corrected chi connectivity index (χ3v) is 13.9. The van der Waals surface area contributed by atoms with E-state index in [4.69, 9.17) is 9.16 Å². The number of carbonyl (C=O) groups excluding carboxylic acids is 2. The van der Waals surface area contributed by atoms with Gasteiger partial charge >= 0.3 is 5.97 Å². The standard InChI is InChI=1S/C36H54O4Si/c1-9-11-12-19-33(40-41(7,8)36(4,5)6)28-20-22-29(23-21-28)34-26(3)24-32(37)31(34)18-14-16-27-15-13-17-30(25-27)35(38)39-10-2/h13,15,17,20-23,25-26,31,33-34H,9-12,14,16,18-19,24H2,1-8H3/t26-,31?,33?,34-/m1/s1. The molecule has 5 heteroatoms. The van der Waals surface area contributed by atoms with E-state index in [9.17, 15) is 9.59 Å². The molecule has 2 unspecified atom stereocenters. The topological polar surface area (TPSA) is 52.6 Å². The van der Waals surface area contributed by atoms with Crippen LogP contribution >= 0.6 is 0 Å². The lowest BCUT2D eigenvalue weighted by Crippen LogP contribution is -2.41. The van der Waals surface area contributed by atoms with E-state index in [0.29, 0.717) is 30.3 Å². The molecule has 1 aliphatic carbocycles. The average molecular weight is 579 g/mol. The van der Waals surface area contributed by atoms with Gasteiger partial charge in [0.15, 0.2) is 8.32 Å². The normalized spacial score (nSPS) is 20.3. The van der Waals surface area contributed by atoms with Gasteiger partial charge in [0.1, 0.15) is 5.78 Å². The minimum atomic E-state index is -1.91. The number of rotatable bonds is 14. The van der Waals surface area contributed by atoms with Gasteiger partial charge in [0.25, 0.3) is 0 Å². The highest BCUT2D eigenvalue weighted by molar-refractivity contribution is 6.74. The summed E-state index contributed by atoms with van der Waals surface area (Å²) in [4.78, 5) is 25.3. The van der Waals surface area contributed by atoms with Crippen molar-refractivity contribution < 1.29 is 18.8 Å². The Balaban J connectivity index is 1.72. The zero-order valence-electron chi connectivity index (χ0n) is 26.9. The Hall–Kier alpha value is -2.24. The molecule has 41 heavy (non-hydrogen) atoms. The predicted octanol–water partition coefficient (Wildman–Crippen LogP) is 9.84. The van der Waals surface area contributed by atoms with Crippen LogP contribution in [0.3, 0.4) is 0 Å². The summed E-state index contributed by atoms with van der Waals surface area (Å²) < 4.78 is 12.1. The molecule has 0 spiro atoms. The first kappa shape index (κ1) is 33.3. The van der Waals surface area contributed by atoms with Gasteiger partial charge in [-0.1, -0.05) is 90.3 Å². The molecule has 0 saturated heterocycles. The summed E-state index contributed by atoms with van der Waals surface area (Å²) in [7, 11) is -1.91. The molecule has 3 rings (SSSR count). The molecule has 0 aromatic heterocycles. The first-order valence-electron chi connectivity index (χ1n) is 15.9. The molecule has 1 saturated carbocycles. The summed E-state index contributed by atoms with van der Waals surface area (Å²) in [5.74, 6) is 0.759. The largest absolute Gasteiger partial charge is 0.462 e. The van der Waals surface area contributed by atoms with Gasteiger partial charge in [0.2, 0.25) is 0 Å². The molecule has 2 aromatic rings. The maximum absolute atomic E-state index is 13.1. The molecule has 4 atom stereocenters. The van der Waals surface area contributed by atoms with Crippen LogP contribution in [0.25, 0.3) is 0 Å². The molecule has 0 N–H and O–H groups in total. The molecule has 0 heterocycles. The number of carbonyl (C=O) groups is 2. The zero-order valence-corrected chi connectivity index (χ0v) is 27.9. The van der Waals surface area contributed by atoms with Crippen LogP contribution < -0.4 is 0 Å². The van der Waals surface area contributed by atoms with Crippen molar-refractivity contribution in [3.05, 3.63) is 70.8 Å². The van der Waals surface area contributed by atoms with Gasteiger partial charge < -0.3 is 9.16 Å². The lowest BCUT2D eigenvalue weighted by atomic mass is 9.81. The molecule has 1 aliphatic rings. The Morgan fingerprint density at radius 1 is 1.02 bits per heavy atom. The number of ketones is 1. The van der Waals surface area contributed by atoms with Gasteiger partial charge in [0.05, 0.1) is 18.3 Å². The van der Waals surface area contributed by atoms with Crippen LogP contribution in [0.4, 0.5) is 0 Å². The van der Waals surface area contributed by atoms with Crippen molar-refractivity contribution in [1.82, 2.24) is 0 Å². The zero-order chi connectivity index (χ0) is 30.2. The first-order chi connectivity index (χ1) is 19.4. The van der Waals surface area contributed by atoms with E-state index in [1.54, 1.807) is 6.07 Å². The fourth-order valence-corrected chi connectivity index (χ4v) is 7.35. The second kappa shape index (κ2) is 14.8. The molecule has 2 aromatic carbocycles. The SMILES string of the molecule is CCCCCC(O[Si](C)(C)C(C)(C)C)c1ccc([C@@H]2C(CCCc3cccc(C(=O)OCC)c3)C(=O)C[C@H]2C)cc1. The Bertz CT molecular complexity index is 1130. The number of hydrogen-bond donors (Lipinski definition) is 0. The van der Waals surface area contributed by atoms with E-state index in [0.717, 1.165) is 31.2 Å². The van der Waals surface area contributed by atoms with Crippen LogP contribution in [-0.2, 0) is 20.4 Å². The van der Waals surface area contributed by atoms with Crippen molar-refractivity contribution >= 4 is 20.1 Å². The van der Waals surface area contributed by atoms with Crippen molar-refractivity contribution in [3.8, 4) is 0 Å². The molecule has 226 valence electrons. The van der Waals surface area contributed by atoms with Crippen LogP contribution in [0.2, 0.25) is 18.1 Å². The van der Waals surface area contributed by atoms with Gasteiger partial charge in [-0.25, -0.2) is 4.79 Å². The van der Waals surface area contributed by atoms with E-state index in [1.807, 2.05) is 19.1 Å². The van der Waals surface area contributed by atoms with Crippen LogP contribution in [0.1, 0.15) is 126 Å². The molecule has 1 fully saturated rings. The van der Waals surface area contributed by atoms with E-state index in [-0.39, 0.29) is 28.9 Å². The highest BCUT2D eigenvalue weighted by Gasteiger charge is 2.41. The van der Waals surface area contributed by atoms with Crippen LogP contribution in [-0.4, -0.2) is 26.7 Å². The smallest absolute Gasteiger partial charge is 0.338 e. The van der Waals surface area contributed by atoms with Gasteiger partial charge in [-0.05, 0) is 91.4 Å². The van der Waals surface area contributed by atoms with Crippen molar-refractivity contribution in [2.24, 2.45) is 11.8 Å². The van der Waals surface area contributed by atoms with Crippen molar-refractivity contribution in [2.45, 2.75) is 123 Å². The van der Waals surface area contributed by atoms with Gasteiger partial charge in [-0.2, -0.15) is 0 Å². The van der Waals surface area contributed by atoms with Crippen molar-refractivity contribution in [3.63, 3.8) is 0 Å². The number of unbranched alkanes of at least 4 members (excludes halogenated alkanes) is 2. The highest BCUT2D eigenvalue weighted by atomic mass is 28.4. The quantitative estimate of drug-likeness (QED) is 0.127. The van der Waals surface area contributed by atoms with Crippen LogP contribution in [0, 0.1) is 11.8 Å². The summed E-state index contributed by atoms with van der Waals surface area (Å²) in [6, 6.07) is 16.8. The molecular weight excluding hydrogens is 524 g/mol. The first-order valence-corrected chi connectivity index (χ1v) is 18.8. The maximum Gasteiger partial charge on any atom is 0.338 e. The maximum atomic E-state index is 13.1. The molecular formula is C36H54O4Si. The number of ether oxygens (including phenoxy) is 1. The van der Waals surface area contributed by atoms with E-state index in [2.05, 4.69) is 78.0 Å². The molecule has 0 amide bonds. The lowest BCUT2D eigenvalue weighted by molar-refractivity contribution is -0.121. The van der Waals surface area contributed by atoms with Gasteiger partial charge in [-0.15, -0.1) is 0 Å². The Kier molecular flexibility index (Phi) is 12.0. The number of Topliss-reactive ketones (excluding diaryl/α,β-unsaturated/α-hetero) is 1. The Morgan fingerprint density at radius 2 is 1.73 bits per heavy atom. The van der Waals surface area contributed by atoms with Crippen LogP contribution in [0.15, 0.2) is 48.5 Å². The molecule has 0 radical (unpaired) electrons. The van der Waals surface area contributed by atoms with Crippen LogP contribution in [0.5, 0.6) is 0 Å². The molecule has 0 bridgehead atoms.